The molecule has 0 radical (unpaired) electrons. The number of esters is 1. The lowest BCUT2D eigenvalue weighted by molar-refractivity contribution is -0.280. The maximum Gasteiger partial charge on any atom is 0.465 e. The van der Waals surface area contributed by atoms with Crippen LogP contribution in [0.5, 0.6) is 0 Å². The van der Waals surface area contributed by atoms with Gasteiger partial charge in [0, 0.05) is 6.54 Å². The van der Waals surface area contributed by atoms with Gasteiger partial charge in [-0.2, -0.15) is 22.0 Å². The topological polar surface area (TPSA) is 29.5 Å². The van der Waals surface area contributed by atoms with Gasteiger partial charge in [0.15, 0.2) is 0 Å². The van der Waals surface area contributed by atoms with Gasteiger partial charge in [-0.15, -0.1) is 0 Å². The molecular weight excluding hydrogens is 345 g/mol. The third-order valence-corrected chi connectivity index (χ3v) is 3.91. The minimum Gasteiger partial charge on any atom is -0.460 e. The van der Waals surface area contributed by atoms with Crippen molar-refractivity contribution in [2.75, 3.05) is 26.2 Å². The van der Waals surface area contributed by atoms with Crippen LogP contribution in [0.25, 0.3) is 0 Å². The van der Waals surface area contributed by atoms with E-state index in [1.54, 1.807) is 0 Å². The standard InChI is InChI=1S/C17H30F5NO2/c1-3-5-7-9-11-23(12-10-8-6-4-2)13-14-25-15(24)16(18,19)17(20,21)22/h3-14H2,1-2H3. The molecular formula is C17H30F5NO2. The third kappa shape index (κ3) is 9.97. The summed E-state index contributed by atoms with van der Waals surface area (Å²) in [5.74, 6) is -7.99. The van der Waals surface area contributed by atoms with Gasteiger partial charge in [0.2, 0.25) is 0 Å². The Morgan fingerprint density at radius 3 is 1.68 bits per heavy atom. The molecule has 8 heteroatoms. The summed E-state index contributed by atoms with van der Waals surface area (Å²) in [7, 11) is 0. The van der Waals surface area contributed by atoms with Crippen molar-refractivity contribution in [3.8, 4) is 0 Å². The van der Waals surface area contributed by atoms with Crippen LogP contribution < -0.4 is 0 Å². The SMILES string of the molecule is CCCCCCN(CCCCCC)CCOC(=O)C(F)(F)C(F)(F)F. The van der Waals surface area contributed by atoms with Gasteiger partial charge in [-0.25, -0.2) is 4.79 Å². The maximum absolute atomic E-state index is 12.8. The van der Waals surface area contributed by atoms with Crippen LogP contribution in [0.15, 0.2) is 0 Å². The molecule has 0 unspecified atom stereocenters. The molecule has 0 N–H and O–H groups in total. The van der Waals surface area contributed by atoms with Crippen LogP contribution in [0, 0.1) is 0 Å². The predicted molar refractivity (Wildman–Crippen MR) is 86.7 cm³/mol. The van der Waals surface area contributed by atoms with E-state index in [0.717, 1.165) is 64.5 Å². The van der Waals surface area contributed by atoms with E-state index in [0.29, 0.717) is 0 Å². The quantitative estimate of drug-likeness (QED) is 0.238. The number of ether oxygens (including phenoxy) is 1. The largest absolute Gasteiger partial charge is 0.465 e. The van der Waals surface area contributed by atoms with Crippen LogP contribution in [0.1, 0.15) is 65.2 Å². The zero-order chi connectivity index (χ0) is 19.3. The molecule has 0 aromatic heterocycles. The molecule has 0 aliphatic rings. The average molecular weight is 375 g/mol. The van der Waals surface area contributed by atoms with E-state index in [2.05, 4.69) is 18.6 Å². The van der Waals surface area contributed by atoms with Crippen molar-refractivity contribution < 1.29 is 31.5 Å². The second-order valence-electron chi connectivity index (χ2n) is 6.17. The molecule has 0 heterocycles. The first kappa shape index (κ1) is 24.1. The van der Waals surface area contributed by atoms with E-state index in [9.17, 15) is 26.7 Å². The van der Waals surface area contributed by atoms with Gasteiger partial charge in [0.05, 0.1) is 0 Å². The number of halogens is 5. The van der Waals surface area contributed by atoms with Crippen molar-refractivity contribution in [1.82, 2.24) is 4.90 Å². The minimum absolute atomic E-state index is 0.165. The summed E-state index contributed by atoms with van der Waals surface area (Å²) in [6, 6.07) is 0. The normalized spacial score (nSPS) is 12.6. The highest BCUT2D eigenvalue weighted by molar-refractivity contribution is 5.78. The molecule has 0 atom stereocenters. The van der Waals surface area contributed by atoms with Crippen LogP contribution in [-0.4, -0.2) is 49.2 Å². The van der Waals surface area contributed by atoms with E-state index < -0.39 is 24.7 Å². The van der Waals surface area contributed by atoms with E-state index >= 15 is 0 Å². The second-order valence-corrected chi connectivity index (χ2v) is 6.17. The van der Waals surface area contributed by atoms with Crippen molar-refractivity contribution in [1.29, 1.82) is 0 Å². The molecule has 0 aliphatic carbocycles. The van der Waals surface area contributed by atoms with Gasteiger partial charge < -0.3 is 4.74 Å². The predicted octanol–water partition coefficient (Wildman–Crippen LogP) is 5.19. The first-order chi connectivity index (χ1) is 11.7. The van der Waals surface area contributed by atoms with E-state index in [4.69, 9.17) is 0 Å². The number of hydrogen-bond donors (Lipinski definition) is 0. The Kier molecular flexibility index (Phi) is 12.0. The third-order valence-electron chi connectivity index (χ3n) is 3.91. The Morgan fingerprint density at radius 1 is 0.800 bits per heavy atom. The molecule has 0 fully saturated rings. The monoisotopic (exact) mass is 375 g/mol. The van der Waals surface area contributed by atoms with Crippen molar-refractivity contribution in [3.05, 3.63) is 0 Å². The van der Waals surface area contributed by atoms with Gasteiger partial charge in [0.25, 0.3) is 0 Å². The molecule has 0 saturated heterocycles. The Bertz CT molecular complexity index is 349. The van der Waals surface area contributed by atoms with Gasteiger partial charge in [-0.3, -0.25) is 4.90 Å². The summed E-state index contributed by atoms with van der Waals surface area (Å²) >= 11 is 0. The smallest absolute Gasteiger partial charge is 0.460 e. The molecule has 25 heavy (non-hydrogen) atoms. The zero-order valence-electron chi connectivity index (χ0n) is 15.1. The first-order valence-corrected chi connectivity index (χ1v) is 9.00. The van der Waals surface area contributed by atoms with Crippen molar-refractivity contribution in [2.45, 2.75) is 77.3 Å². The number of nitrogens with zero attached hydrogens (tertiary/aromatic N) is 1. The molecule has 0 spiro atoms. The van der Waals surface area contributed by atoms with Gasteiger partial charge >= 0.3 is 18.1 Å². The van der Waals surface area contributed by atoms with Gasteiger partial charge in [-0.1, -0.05) is 52.4 Å². The van der Waals surface area contributed by atoms with Gasteiger partial charge in [-0.05, 0) is 25.9 Å². The molecule has 0 rings (SSSR count). The summed E-state index contributed by atoms with van der Waals surface area (Å²) in [5, 5.41) is 0. The average Bonchev–Trinajstić information content (AvgIpc) is 2.53. The van der Waals surface area contributed by atoms with Crippen LogP contribution in [0.4, 0.5) is 22.0 Å². The fourth-order valence-electron chi connectivity index (χ4n) is 2.33. The van der Waals surface area contributed by atoms with Gasteiger partial charge in [0.1, 0.15) is 6.61 Å². The Labute approximate surface area is 146 Å². The molecule has 0 amide bonds. The summed E-state index contributed by atoms with van der Waals surface area (Å²) in [4.78, 5) is 12.9. The highest BCUT2D eigenvalue weighted by atomic mass is 19.4. The highest BCUT2D eigenvalue weighted by Crippen LogP contribution is 2.36. The second kappa shape index (κ2) is 12.4. The Hall–Kier alpha value is -0.920. The summed E-state index contributed by atoms with van der Waals surface area (Å²) < 4.78 is 66.0. The minimum atomic E-state index is -5.93. The van der Waals surface area contributed by atoms with Crippen molar-refractivity contribution >= 4 is 5.97 Å². The lowest BCUT2D eigenvalue weighted by Crippen LogP contribution is -2.45. The highest BCUT2D eigenvalue weighted by Gasteiger charge is 2.64. The van der Waals surface area contributed by atoms with Crippen LogP contribution in [0.2, 0.25) is 0 Å². The summed E-state index contributed by atoms with van der Waals surface area (Å²) in [6.07, 6.45) is 2.35. The van der Waals surface area contributed by atoms with E-state index in [1.807, 2.05) is 4.90 Å². The summed E-state index contributed by atoms with van der Waals surface area (Å²) in [5.41, 5.74) is 0. The van der Waals surface area contributed by atoms with Crippen LogP contribution in [-0.2, 0) is 9.53 Å². The maximum atomic E-state index is 12.8. The number of hydrogen-bond acceptors (Lipinski definition) is 3. The molecule has 0 saturated carbocycles. The number of rotatable bonds is 14. The van der Waals surface area contributed by atoms with Crippen molar-refractivity contribution in [3.63, 3.8) is 0 Å². The fraction of sp³-hybridized carbons (Fsp3) is 0.941. The Balaban J connectivity index is 4.31. The van der Waals surface area contributed by atoms with E-state index in [-0.39, 0.29) is 6.54 Å². The summed E-state index contributed by atoms with van der Waals surface area (Å²) in [6.45, 7) is 5.31. The van der Waals surface area contributed by atoms with Crippen LogP contribution in [0.3, 0.4) is 0 Å². The lowest BCUT2D eigenvalue weighted by Gasteiger charge is -2.23. The lowest BCUT2D eigenvalue weighted by atomic mass is 10.1. The number of alkyl halides is 5. The molecule has 0 aromatic rings. The molecule has 3 nitrogen and oxygen atoms in total. The molecule has 0 bridgehead atoms. The number of carbonyl (C=O) groups is 1. The zero-order valence-corrected chi connectivity index (χ0v) is 15.1. The molecule has 0 aromatic carbocycles. The van der Waals surface area contributed by atoms with Crippen molar-refractivity contribution in [2.24, 2.45) is 0 Å². The molecule has 0 aliphatic heterocycles. The van der Waals surface area contributed by atoms with Crippen LogP contribution >= 0.6 is 0 Å². The first-order valence-electron chi connectivity index (χ1n) is 9.00. The number of unbranched alkanes of at least 4 members (excludes halogenated alkanes) is 6. The molecule has 150 valence electrons. The Morgan fingerprint density at radius 2 is 1.28 bits per heavy atom. The van der Waals surface area contributed by atoms with E-state index in [1.165, 1.54) is 0 Å². The number of carbonyl (C=O) groups excluding carboxylic acids is 1. The fourth-order valence-corrected chi connectivity index (χ4v) is 2.33.